The molecule has 1 fully saturated rings. The molecule has 0 aromatic carbocycles. The molecule has 1 atom stereocenters. The molecule has 1 saturated heterocycles. The summed E-state index contributed by atoms with van der Waals surface area (Å²) in [4.78, 5) is 15.1. The van der Waals surface area contributed by atoms with Crippen molar-refractivity contribution in [1.29, 1.82) is 0 Å². The molecule has 1 amide bonds. The molecule has 18 heavy (non-hydrogen) atoms. The maximum Gasteiger partial charge on any atom is 0.270 e. The molecule has 1 aliphatic rings. The van der Waals surface area contributed by atoms with E-state index in [0.29, 0.717) is 12.8 Å². The Balaban J connectivity index is 1.97. The largest absolute Gasteiger partial charge is 0.349 e. The van der Waals surface area contributed by atoms with Gasteiger partial charge in [0.15, 0.2) is 9.84 Å². The van der Waals surface area contributed by atoms with Crippen LogP contribution < -0.4 is 5.32 Å². The molecule has 7 heteroatoms. The third kappa shape index (κ3) is 2.84. The summed E-state index contributed by atoms with van der Waals surface area (Å²) in [6, 6.07) is 3.89. The van der Waals surface area contributed by atoms with Crippen molar-refractivity contribution in [2.24, 2.45) is 0 Å². The van der Waals surface area contributed by atoms with Gasteiger partial charge in [0.05, 0.1) is 11.0 Å². The van der Waals surface area contributed by atoms with Crippen LogP contribution in [0, 0.1) is 5.95 Å². The summed E-state index contributed by atoms with van der Waals surface area (Å²) < 4.78 is 35.9. The minimum absolute atomic E-state index is 0.0506. The second kappa shape index (κ2) is 5.01. The predicted molar refractivity (Wildman–Crippen MR) is 63.3 cm³/mol. The zero-order chi connectivity index (χ0) is 13.2. The Bertz CT molecular complexity index is 559. The summed E-state index contributed by atoms with van der Waals surface area (Å²) in [7, 11) is -3.08. The Kier molecular flexibility index (Phi) is 3.60. The highest BCUT2D eigenvalue weighted by molar-refractivity contribution is 7.92. The van der Waals surface area contributed by atoms with Crippen LogP contribution in [0.2, 0.25) is 0 Å². The monoisotopic (exact) mass is 272 g/mol. The average molecular weight is 272 g/mol. The minimum Gasteiger partial charge on any atom is -0.349 e. The van der Waals surface area contributed by atoms with Crippen LogP contribution in [0.25, 0.3) is 0 Å². The van der Waals surface area contributed by atoms with Gasteiger partial charge in [0, 0.05) is 6.54 Å². The number of halogens is 1. The molecule has 1 aromatic heterocycles. The molecule has 1 aromatic rings. The van der Waals surface area contributed by atoms with Crippen LogP contribution in [0.4, 0.5) is 4.39 Å². The van der Waals surface area contributed by atoms with Gasteiger partial charge in [-0.2, -0.15) is 4.39 Å². The fourth-order valence-corrected chi connectivity index (χ4v) is 3.68. The Morgan fingerprint density at radius 1 is 1.50 bits per heavy atom. The molecule has 1 N–H and O–H groups in total. The van der Waals surface area contributed by atoms with E-state index in [1.54, 1.807) is 0 Å². The number of sulfone groups is 1. The maximum absolute atomic E-state index is 12.8. The van der Waals surface area contributed by atoms with Crippen molar-refractivity contribution in [2.75, 3.05) is 12.3 Å². The molecular weight excluding hydrogens is 259 g/mol. The summed E-state index contributed by atoms with van der Waals surface area (Å²) in [5.74, 6) is -1.13. The number of nitrogens with one attached hydrogen (secondary N) is 1. The third-order valence-electron chi connectivity index (χ3n) is 2.90. The van der Waals surface area contributed by atoms with E-state index in [2.05, 4.69) is 10.3 Å². The van der Waals surface area contributed by atoms with Crippen LogP contribution in [0.15, 0.2) is 18.2 Å². The van der Waals surface area contributed by atoms with Crippen LogP contribution in [0.1, 0.15) is 23.3 Å². The van der Waals surface area contributed by atoms with Crippen molar-refractivity contribution in [3.05, 3.63) is 29.8 Å². The minimum atomic E-state index is -3.08. The Morgan fingerprint density at radius 2 is 2.28 bits per heavy atom. The number of aromatic nitrogens is 1. The first-order valence-corrected chi connectivity index (χ1v) is 7.33. The van der Waals surface area contributed by atoms with Gasteiger partial charge >= 0.3 is 0 Å². The van der Waals surface area contributed by atoms with Gasteiger partial charge in [0.25, 0.3) is 5.91 Å². The quantitative estimate of drug-likeness (QED) is 0.814. The molecule has 0 radical (unpaired) electrons. The van der Waals surface area contributed by atoms with Crippen LogP contribution in [0.5, 0.6) is 0 Å². The number of pyridine rings is 1. The van der Waals surface area contributed by atoms with E-state index < -0.39 is 26.9 Å². The number of amides is 1. The van der Waals surface area contributed by atoms with Crippen molar-refractivity contribution in [3.63, 3.8) is 0 Å². The van der Waals surface area contributed by atoms with E-state index in [1.807, 2.05) is 0 Å². The van der Waals surface area contributed by atoms with E-state index in [0.717, 1.165) is 6.07 Å². The van der Waals surface area contributed by atoms with Crippen molar-refractivity contribution < 1.29 is 17.6 Å². The van der Waals surface area contributed by atoms with E-state index in [9.17, 15) is 17.6 Å². The fourth-order valence-electron chi connectivity index (χ4n) is 1.92. The van der Waals surface area contributed by atoms with Crippen molar-refractivity contribution in [3.8, 4) is 0 Å². The second-order valence-corrected chi connectivity index (χ2v) is 6.59. The van der Waals surface area contributed by atoms with E-state index >= 15 is 0 Å². The van der Waals surface area contributed by atoms with Gasteiger partial charge in [-0.3, -0.25) is 4.79 Å². The molecule has 0 spiro atoms. The molecular formula is C11H13FN2O3S. The maximum atomic E-state index is 12.8. The first-order valence-electron chi connectivity index (χ1n) is 5.61. The van der Waals surface area contributed by atoms with Crippen LogP contribution in [-0.2, 0) is 9.84 Å². The second-order valence-electron chi connectivity index (χ2n) is 4.19. The van der Waals surface area contributed by atoms with Crippen LogP contribution in [0.3, 0.4) is 0 Å². The van der Waals surface area contributed by atoms with Gasteiger partial charge in [-0.25, -0.2) is 13.4 Å². The van der Waals surface area contributed by atoms with E-state index in [4.69, 9.17) is 0 Å². The molecule has 2 heterocycles. The molecule has 0 saturated carbocycles. The van der Waals surface area contributed by atoms with E-state index in [-0.39, 0.29) is 18.0 Å². The average Bonchev–Trinajstić information content (AvgIpc) is 2.65. The first kappa shape index (κ1) is 12.9. The summed E-state index contributed by atoms with van der Waals surface area (Å²) >= 11 is 0. The fraction of sp³-hybridized carbons (Fsp3) is 0.455. The van der Waals surface area contributed by atoms with Gasteiger partial charge in [-0.15, -0.1) is 0 Å². The summed E-state index contributed by atoms with van der Waals surface area (Å²) in [5.41, 5.74) is -0.0506. The third-order valence-corrected chi connectivity index (χ3v) is 5.18. The molecule has 0 aliphatic carbocycles. The van der Waals surface area contributed by atoms with Gasteiger partial charge in [0.2, 0.25) is 5.95 Å². The Hall–Kier alpha value is -1.50. The lowest BCUT2D eigenvalue weighted by Crippen LogP contribution is -2.35. The number of nitrogens with zero attached hydrogens (tertiary/aromatic N) is 1. The molecule has 2 rings (SSSR count). The van der Waals surface area contributed by atoms with Crippen molar-refractivity contribution >= 4 is 15.7 Å². The molecule has 98 valence electrons. The Labute approximate surface area is 104 Å². The number of hydrogen-bond acceptors (Lipinski definition) is 4. The molecule has 1 aliphatic heterocycles. The van der Waals surface area contributed by atoms with Crippen LogP contribution in [-0.4, -0.2) is 36.9 Å². The highest BCUT2D eigenvalue weighted by atomic mass is 32.2. The number of rotatable bonds is 3. The standard InChI is InChI=1S/C11H13FN2O3S/c12-10-5-1-4-9(14-10)11(15)13-7-8-3-2-6-18(8,16)17/h1,4-5,8H,2-3,6-7H2,(H,13,15). The lowest BCUT2D eigenvalue weighted by atomic mass is 10.2. The molecule has 5 nitrogen and oxygen atoms in total. The first-order chi connectivity index (χ1) is 8.49. The number of hydrogen-bond donors (Lipinski definition) is 1. The Morgan fingerprint density at radius 3 is 2.89 bits per heavy atom. The number of carbonyl (C=O) groups excluding carboxylic acids is 1. The van der Waals surface area contributed by atoms with Gasteiger partial charge in [-0.05, 0) is 25.0 Å². The lowest BCUT2D eigenvalue weighted by molar-refractivity contribution is 0.0947. The van der Waals surface area contributed by atoms with Crippen molar-refractivity contribution in [1.82, 2.24) is 10.3 Å². The summed E-state index contributed by atoms with van der Waals surface area (Å²) in [5, 5.41) is 1.94. The normalized spacial score (nSPS) is 21.7. The SMILES string of the molecule is O=C(NCC1CCCS1(=O)=O)c1cccc(F)n1. The lowest BCUT2D eigenvalue weighted by Gasteiger charge is -2.10. The molecule has 1 unspecified atom stereocenters. The van der Waals surface area contributed by atoms with Gasteiger partial charge in [-0.1, -0.05) is 6.07 Å². The zero-order valence-corrected chi connectivity index (χ0v) is 10.4. The van der Waals surface area contributed by atoms with E-state index in [1.165, 1.54) is 12.1 Å². The highest BCUT2D eigenvalue weighted by Gasteiger charge is 2.31. The topological polar surface area (TPSA) is 76.1 Å². The number of carbonyl (C=O) groups is 1. The predicted octanol–water partition coefficient (Wildman–Crippen LogP) is 0.528. The summed E-state index contributed by atoms with van der Waals surface area (Å²) in [6.07, 6.45) is 1.18. The van der Waals surface area contributed by atoms with Gasteiger partial charge in [0.1, 0.15) is 5.69 Å². The van der Waals surface area contributed by atoms with Crippen LogP contribution >= 0.6 is 0 Å². The van der Waals surface area contributed by atoms with Crippen molar-refractivity contribution in [2.45, 2.75) is 18.1 Å². The zero-order valence-electron chi connectivity index (χ0n) is 9.60. The smallest absolute Gasteiger partial charge is 0.270 e. The van der Waals surface area contributed by atoms with Gasteiger partial charge < -0.3 is 5.32 Å². The molecule has 0 bridgehead atoms. The summed E-state index contributed by atoms with van der Waals surface area (Å²) in [6.45, 7) is 0.0549. The highest BCUT2D eigenvalue weighted by Crippen LogP contribution is 2.19.